The first-order valence-electron chi connectivity index (χ1n) is 6.16. The van der Waals surface area contributed by atoms with Crippen LogP contribution in [0.1, 0.15) is 11.3 Å². The van der Waals surface area contributed by atoms with Crippen LogP contribution in [-0.2, 0) is 0 Å². The molecule has 20 heavy (non-hydrogen) atoms. The molecule has 0 fully saturated rings. The van der Waals surface area contributed by atoms with Crippen LogP contribution in [0.2, 0.25) is 5.02 Å². The van der Waals surface area contributed by atoms with Gasteiger partial charge >= 0.3 is 0 Å². The Balaban J connectivity index is 2.33. The van der Waals surface area contributed by atoms with E-state index in [2.05, 4.69) is 5.10 Å². The van der Waals surface area contributed by atoms with Crippen molar-refractivity contribution in [3.63, 3.8) is 0 Å². The van der Waals surface area contributed by atoms with Gasteiger partial charge in [0.25, 0.3) is 0 Å². The molecule has 0 atom stereocenters. The predicted molar refractivity (Wildman–Crippen MR) is 81.8 cm³/mol. The molecule has 0 aliphatic carbocycles. The van der Waals surface area contributed by atoms with Crippen molar-refractivity contribution in [1.29, 1.82) is 5.41 Å². The van der Waals surface area contributed by atoms with Crippen LogP contribution in [0.15, 0.2) is 42.6 Å². The van der Waals surface area contributed by atoms with Crippen LogP contribution in [0, 0.1) is 12.3 Å². The molecular formula is C15H13ClN4. The van der Waals surface area contributed by atoms with Crippen LogP contribution in [-0.4, -0.2) is 15.6 Å². The normalized spacial score (nSPS) is 10.9. The van der Waals surface area contributed by atoms with Gasteiger partial charge in [0, 0.05) is 17.1 Å². The molecule has 3 aromatic rings. The third-order valence-electron chi connectivity index (χ3n) is 3.28. The second-order valence-electron chi connectivity index (χ2n) is 4.60. The lowest BCUT2D eigenvalue weighted by molar-refractivity contribution is 0.869. The molecule has 5 heteroatoms. The van der Waals surface area contributed by atoms with Gasteiger partial charge in [-0.25, -0.2) is 4.68 Å². The topological polar surface area (TPSA) is 67.7 Å². The maximum Gasteiger partial charge on any atom is 0.123 e. The van der Waals surface area contributed by atoms with Crippen molar-refractivity contribution in [2.24, 2.45) is 5.73 Å². The van der Waals surface area contributed by atoms with Gasteiger partial charge in [0.15, 0.2) is 0 Å². The van der Waals surface area contributed by atoms with E-state index in [9.17, 15) is 0 Å². The van der Waals surface area contributed by atoms with Gasteiger partial charge in [0.05, 0.1) is 16.4 Å². The molecule has 1 heterocycles. The number of hydrogen-bond donors (Lipinski definition) is 2. The van der Waals surface area contributed by atoms with Gasteiger partial charge < -0.3 is 5.73 Å². The Hall–Kier alpha value is -2.33. The number of aromatic nitrogens is 2. The molecule has 0 unspecified atom stereocenters. The minimum Gasteiger partial charge on any atom is -0.384 e. The Kier molecular flexibility index (Phi) is 2.95. The molecule has 0 aliphatic rings. The van der Waals surface area contributed by atoms with E-state index in [1.807, 2.05) is 43.3 Å². The SMILES string of the molecule is Cc1nn(-c2ccc(C(=N)N)c3ccccc23)cc1Cl. The zero-order valence-corrected chi connectivity index (χ0v) is 11.6. The summed E-state index contributed by atoms with van der Waals surface area (Å²) in [6, 6.07) is 11.6. The highest BCUT2D eigenvalue weighted by atomic mass is 35.5. The summed E-state index contributed by atoms with van der Waals surface area (Å²) in [7, 11) is 0. The maximum absolute atomic E-state index is 7.67. The van der Waals surface area contributed by atoms with Gasteiger partial charge in [0.1, 0.15) is 5.84 Å². The first-order chi connectivity index (χ1) is 9.58. The summed E-state index contributed by atoms with van der Waals surface area (Å²) < 4.78 is 1.75. The Morgan fingerprint density at radius 1 is 1.20 bits per heavy atom. The Morgan fingerprint density at radius 2 is 1.90 bits per heavy atom. The average molecular weight is 285 g/mol. The van der Waals surface area contributed by atoms with Gasteiger partial charge in [-0.2, -0.15) is 5.10 Å². The van der Waals surface area contributed by atoms with Gasteiger partial charge in [0.2, 0.25) is 0 Å². The Bertz CT molecular complexity index is 800. The average Bonchev–Trinajstić information content (AvgIpc) is 2.77. The largest absolute Gasteiger partial charge is 0.384 e. The van der Waals surface area contributed by atoms with Crippen LogP contribution in [0.25, 0.3) is 16.5 Å². The minimum atomic E-state index is 0.0578. The number of halogens is 1. The first-order valence-corrected chi connectivity index (χ1v) is 6.54. The van der Waals surface area contributed by atoms with Crippen LogP contribution in [0.5, 0.6) is 0 Å². The zero-order valence-electron chi connectivity index (χ0n) is 10.9. The van der Waals surface area contributed by atoms with Crippen LogP contribution in [0.3, 0.4) is 0 Å². The molecule has 0 bridgehead atoms. The molecule has 4 nitrogen and oxygen atoms in total. The van der Waals surface area contributed by atoms with Crippen LogP contribution < -0.4 is 5.73 Å². The third-order valence-corrected chi connectivity index (χ3v) is 3.65. The Labute approximate surface area is 121 Å². The second kappa shape index (κ2) is 4.65. The summed E-state index contributed by atoms with van der Waals surface area (Å²) >= 11 is 6.07. The molecule has 3 N–H and O–H groups in total. The summed E-state index contributed by atoms with van der Waals surface area (Å²) in [5, 5.41) is 14.6. The highest BCUT2D eigenvalue weighted by Crippen LogP contribution is 2.26. The van der Waals surface area contributed by atoms with Gasteiger partial charge in [-0.3, -0.25) is 5.41 Å². The number of nitrogen functional groups attached to an aromatic ring is 1. The fraction of sp³-hybridized carbons (Fsp3) is 0.0667. The number of nitrogens with zero attached hydrogens (tertiary/aromatic N) is 2. The predicted octanol–water partition coefficient (Wildman–Crippen LogP) is 3.27. The maximum atomic E-state index is 7.67. The van der Waals surface area contributed by atoms with E-state index in [1.54, 1.807) is 10.9 Å². The lowest BCUT2D eigenvalue weighted by Crippen LogP contribution is -2.12. The second-order valence-corrected chi connectivity index (χ2v) is 5.01. The monoisotopic (exact) mass is 284 g/mol. The number of aryl methyl sites for hydroxylation is 1. The molecule has 100 valence electrons. The molecule has 1 aromatic heterocycles. The van der Waals surface area contributed by atoms with Gasteiger partial charge in [-0.05, 0) is 24.4 Å². The van der Waals surface area contributed by atoms with Crippen LogP contribution in [0.4, 0.5) is 0 Å². The van der Waals surface area contributed by atoms with Crippen molar-refractivity contribution in [3.05, 3.63) is 58.9 Å². The number of fused-ring (bicyclic) bond motifs is 1. The van der Waals surface area contributed by atoms with Gasteiger partial charge in [-0.1, -0.05) is 35.9 Å². The molecule has 0 spiro atoms. The van der Waals surface area contributed by atoms with Gasteiger partial charge in [-0.15, -0.1) is 0 Å². The number of nitrogens with two attached hydrogens (primary N) is 1. The number of nitrogens with one attached hydrogen (secondary N) is 1. The quantitative estimate of drug-likeness (QED) is 0.560. The van der Waals surface area contributed by atoms with E-state index in [-0.39, 0.29) is 5.84 Å². The molecule has 0 saturated carbocycles. The van der Waals surface area contributed by atoms with E-state index in [0.717, 1.165) is 27.7 Å². The highest BCUT2D eigenvalue weighted by Gasteiger charge is 2.11. The van der Waals surface area contributed by atoms with Crippen molar-refractivity contribution in [1.82, 2.24) is 9.78 Å². The fourth-order valence-corrected chi connectivity index (χ4v) is 2.41. The van der Waals surface area contributed by atoms with Crippen LogP contribution >= 0.6 is 11.6 Å². The van der Waals surface area contributed by atoms with Crippen molar-refractivity contribution in [2.45, 2.75) is 6.92 Å². The molecule has 0 saturated heterocycles. The smallest absolute Gasteiger partial charge is 0.123 e. The molecule has 2 aromatic carbocycles. The Morgan fingerprint density at radius 3 is 2.50 bits per heavy atom. The molecule has 0 aliphatic heterocycles. The van der Waals surface area contributed by atoms with Crippen molar-refractivity contribution >= 4 is 28.2 Å². The summed E-state index contributed by atoms with van der Waals surface area (Å²) in [5.41, 5.74) is 8.06. The summed E-state index contributed by atoms with van der Waals surface area (Å²) in [6.45, 7) is 1.87. The van der Waals surface area contributed by atoms with E-state index in [1.165, 1.54) is 0 Å². The molecular weight excluding hydrogens is 272 g/mol. The summed E-state index contributed by atoms with van der Waals surface area (Å²) in [5.74, 6) is 0.0578. The third kappa shape index (κ3) is 1.94. The first kappa shape index (κ1) is 12.7. The van der Waals surface area contributed by atoms with E-state index >= 15 is 0 Å². The van der Waals surface area contributed by atoms with Crippen molar-refractivity contribution < 1.29 is 0 Å². The minimum absolute atomic E-state index is 0.0578. The zero-order chi connectivity index (χ0) is 14.3. The molecule has 0 radical (unpaired) electrons. The van der Waals surface area contributed by atoms with E-state index < -0.39 is 0 Å². The molecule has 3 rings (SSSR count). The van der Waals surface area contributed by atoms with Crippen molar-refractivity contribution in [2.75, 3.05) is 0 Å². The number of amidine groups is 1. The molecule has 0 amide bonds. The summed E-state index contributed by atoms with van der Waals surface area (Å²) in [6.07, 6.45) is 1.78. The standard InChI is InChI=1S/C15H13ClN4/c1-9-13(16)8-20(19-9)14-7-6-12(15(17)18)10-4-2-3-5-11(10)14/h2-8H,1H3,(H3,17,18). The number of benzene rings is 2. The lowest BCUT2D eigenvalue weighted by atomic mass is 10.0. The highest BCUT2D eigenvalue weighted by molar-refractivity contribution is 6.31. The fourth-order valence-electron chi connectivity index (χ4n) is 2.28. The lowest BCUT2D eigenvalue weighted by Gasteiger charge is -2.10. The van der Waals surface area contributed by atoms with E-state index in [4.69, 9.17) is 22.7 Å². The van der Waals surface area contributed by atoms with E-state index in [0.29, 0.717) is 5.02 Å². The number of rotatable bonds is 2. The van der Waals surface area contributed by atoms with Crippen molar-refractivity contribution in [3.8, 4) is 5.69 Å². The number of hydrogen-bond acceptors (Lipinski definition) is 2. The summed E-state index contributed by atoms with van der Waals surface area (Å²) in [4.78, 5) is 0.